The quantitative estimate of drug-likeness (QED) is 0.704. The van der Waals surface area contributed by atoms with E-state index in [2.05, 4.69) is 20.4 Å². The SMILES string of the molecule is CS(=O)(=O)c1cc(-c2cnc3ccc(N[C@H]4CC[C@H](O)CC4)nn23)ccn1. The van der Waals surface area contributed by atoms with Gasteiger partial charge in [-0.1, -0.05) is 0 Å². The van der Waals surface area contributed by atoms with Crippen molar-refractivity contribution in [3.8, 4) is 11.3 Å². The number of pyridine rings is 1. The number of aliphatic hydroxyl groups is 1. The van der Waals surface area contributed by atoms with E-state index in [0.717, 1.165) is 37.8 Å². The summed E-state index contributed by atoms with van der Waals surface area (Å²) in [6.07, 6.45) is 7.47. The summed E-state index contributed by atoms with van der Waals surface area (Å²) in [6, 6.07) is 7.30. The zero-order chi connectivity index (χ0) is 19.0. The van der Waals surface area contributed by atoms with E-state index in [1.807, 2.05) is 12.1 Å². The minimum absolute atomic E-state index is 0.0185. The molecule has 1 fully saturated rings. The van der Waals surface area contributed by atoms with E-state index >= 15 is 0 Å². The maximum atomic E-state index is 11.8. The van der Waals surface area contributed by atoms with Crippen LogP contribution in [0.5, 0.6) is 0 Å². The highest BCUT2D eigenvalue weighted by Crippen LogP contribution is 2.24. The van der Waals surface area contributed by atoms with Gasteiger partial charge in [-0.05, 0) is 49.9 Å². The molecule has 4 rings (SSSR count). The van der Waals surface area contributed by atoms with Crippen LogP contribution in [0.4, 0.5) is 5.82 Å². The topological polar surface area (TPSA) is 109 Å². The Morgan fingerprint density at radius 2 is 1.93 bits per heavy atom. The number of aromatic nitrogens is 4. The second-order valence-electron chi connectivity index (χ2n) is 6.94. The number of hydrogen-bond acceptors (Lipinski definition) is 7. The minimum Gasteiger partial charge on any atom is -0.393 e. The van der Waals surface area contributed by atoms with E-state index in [1.165, 1.54) is 12.3 Å². The van der Waals surface area contributed by atoms with Gasteiger partial charge in [-0.25, -0.2) is 22.9 Å². The van der Waals surface area contributed by atoms with Crippen molar-refractivity contribution in [2.24, 2.45) is 0 Å². The van der Waals surface area contributed by atoms with E-state index in [1.54, 1.807) is 16.8 Å². The molecule has 0 spiro atoms. The lowest BCUT2D eigenvalue weighted by molar-refractivity contribution is 0.126. The molecule has 142 valence electrons. The molecule has 1 aliphatic rings. The Bertz CT molecular complexity index is 1070. The molecule has 0 atom stereocenters. The van der Waals surface area contributed by atoms with Gasteiger partial charge in [0.05, 0.1) is 18.0 Å². The van der Waals surface area contributed by atoms with Gasteiger partial charge in [-0.3, -0.25) is 0 Å². The third-order valence-electron chi connectivity index (χ3n) is 4.82. The average Bonchev–Trinajstić information content (AvgIpc) is 3.06. The Kier molecular flexibility index (Phi) is 4.56. The highest BCUT2D eigenvalue weighted by atomic mass is 32.2. The van der Waals surface area contributed by atoms with Crippen molar-refractivity contribution in [1.29, 1.82) is 0 Å². The molecule has 1 aliphatic carbocycles. The largest absolute Gasteiger partial charge is 0.393 e. The molecule has 3 aromatic heterocycles. The summed E-state index contributed by atoms with van der Waals surface area (Å²) in [5, 5.41) is 17.7. The lowest BCUT2D eigenvalue weighted by Crippen LogP contribution is -2.28. The Morgan fingerprint density at radius 3 is 2.67 bits per heavy atom. The number of rotatable bonds is 4. The second kappa shape index (κ2) is 6.90. The molecule has 27 heavy (non-hydrogen) atoms. The summed E-state index contributed by atoms with van der Waals surface area (Å²) in [4.78, 5) is 8.29. The van der Waals surface area contributed by atoms with Gasteiger partial charge in [0.1, 0.15) is 5.82 Å². The maximum absolute atomic E-state index is 11.8. The third-order valence-corrected chi connectivity index (χ3v) is 5.80. The third kappa shape index (κ3) is 3.79. The van der Waals surface area contributed by atoms with E-state index in [4.69, 9.17) is 0 Å². The van der Waals surface area contributed by atoms with Crippen molar-refractivity contribution in [3.05, 3.63) is 36.7 Å². The molecule has 3 heterocycles. The van der Waals surface area contributed by atoms with E-state index < -0.39 is 9.84 Å². The van der Waals surface area contributed by atoms with Crippen LogP contribution in [0.15, 0.2) is 41.7 Å². The second-order valence-corrected chi connectivity index (χ2v) is 8.90. The van der Waals surface area contributed by atoms with Crippen LogP contribution in [0, 0.1) is 0 Å². The Labute approximate surface area is 157 Å². The fraction of sp³-hybridized carbons (Fsp3) is 0.389. The fourth-order valence-electron chi connectivity index (χ4n) is 3.35. The van der Waals surface area contributed by atoms with Crippen LogP contribution >= 0.6 is 0 Å². The average molecular weight is 387 g/mol. The molecule has 0 unspecified atom stereocenters. The summed E-state index contributed by atoms with van der Waals surface area (Å²) in [7, 11) is -3.40. The highest BCUT2D eigenvalue weighted by Gasteiger charge is 2.20. The first-order valence-corrected chi connectivity index (χ1v) is 10.8. The first kappa shape index (κ1) is 17.9. The molecule has 0 bridgehead atoms. The van der Waals surface area contributed by atoms with Crippen molar-refractivity contribution in [1.82, 2.24) is 19.6 Å². The van der Waals surface area contributed by atoms with Crippen molar-refractivity contribution >= 4 is 21.3 Å². The van der Waals surface area contributed by atoms with Crippen molar-refractivity contribution in [2.45, 2.75) is 42.9 Å². The summed E-state index contributed by atoms with van der Waals surface area (Å²) in [6.45, 7) is 0. The number of anilines is 1. The fourth-order valence-corrected chi connectivity index (χ4v) is 3.94. The molecule has 3 aromatic rings. The number of nitrogens with zero attached hydrogens (tertiary/aromatic N) is 4. The van der Waals surface area contributed by atoms with Gasteiger partial charge < -0.3 is 10.4 Å². The molecule has 0 radical (unpaired) electrons. The summed E-state index contributed by atoms with van der Waals surface area (Å²) in [5.74, 6) is 0.723. The molecule has 1 saturated carbocycles. The monoisotopic (exact) mass is 387 g/mol. The number of nitrogens with one attached hydrogen (secondary N) is 1. The predicted octanol–water partition coefficient (Wildman–Crippen LogP) is 1.91. The van der Waals surface area contributed by atoms with Gasteiger partial charge in [0.2, 0.25) is 0 Å². The van der Waals surface area contributed by atoms with Crippen LogP contribution in [0.25, 0.3) is 16.9 Å². The van der Waals surface area contributed by atoms with Crippen LogP contribution in [0.2, 0.25) is 0 Å². The molecule has 2 N–H and O–H groups in total. The van der Waals surface area contributed by atoms with Gasteiger partial charge in [0, 0.05) is 24.1 Å². The zero-order valence-electron chi connectivity index (χ0n) is 14.9. The van der Waals surface area contributed by atoms with E-state index in [0.29, 0.717) is 16.9 Å². The lowest BCUT2D eigenvalue weighted by atomic mass is 9.93. The van der Waals surface area contributed by atoms with Crippen LogP contribution in [-0.2, 0) is 9.84 Å². The lowest BCUT2D eigenvalue weighted by Gasteiger charge is -2.26. The molecule has 0 aliphatic heterocycles. The number of imidazole rings is 1. The molecule has 9 heteroatoms. The standard InChI is InChI=1S/C18H21N5O3S/c1-27(25,26)18-10-12(8-9-19-18)15-11-20-17-7-6-16(22-23(15)17)21-13-2-4-14(24)5-3-13/h6-11,13-14,24H,2-5H2,1H3,(H,21,22)/t13-,14-. The molecule has 8 nitrogen and oxygen atoms in total. The normalized spacial score (nSPS) is 20.7. The number of fused-ring (bicyclic) bond motifs is 1. The Hall–Kier alpha value is -2.52. The molecule has 0 saturated heterocycles. The molecular weight excluding hydrogens is 366 g/mol. The first-order valence-electron chi connectivity index (χ1n) is 8.86. The smallest absolute Gasteiger partial charge is 0.192 e. The predicted molar refractivity (Wildman–Crippen MR) is 101 cm³/mol. The Morgan fingerprint density at radius 1 is 1.15 bits per heavy atom. The van der Waals surface area contributed by atoms with Gasteiger partial charge in [-0.2, -0.15) is 0 Å². The summed E-state index contributed by atoms with van der Waals surface area (Å²) in [5.41, 5.74) is 2.05. The molecular formula is C18H21N5O3S. The summed E-state index contributed by atoms with van der Waals surface area (Å²) >= 11 is 0. The first-order chi connectivity index (χ1) is 12.9. The van der Waals surface area contributed by atoms with Gasteiger partial charge >= 0.3 is 0 Å². The number of aliphatic hydroxyl groups excluding tert-OH is 1. The number of hydrogen-bond donors (Lipinski definition) is 2. The molecule has 0 amide bonds. The molecule has 0 aromatic carbocycles. The Balaban J connectivity index is 1.67. The highest BCUT2D eigenvalue weighted by molar-refractivity contribution is 7.90. The van der Waals surface area contributed by atoms with E-state index in [-0.39, 0.29) is 17.2 Å². The minimum atomic E-state index is -3.40. The van der Waals surface area contributed by atoms with Crippen molar-refractivity contribution in [3.63, 3.8) is 0 Å². The van der Waals surface area contributed by atoms with Crippen LogP contribution in [0.3, 0.4) is 0 Å². The van der Waals surface area contributed by atoms with Gasteiger partial charge in [0.25, 0.3) is 0 Å². The van der Waals surface area contributed by atoms with Crippen LogP contribution in [0.1, 0.15) is 25.7 Å². The maximum Gasteiger partial charge on any atom is 0.192 e. The van der Waals surface area contributed by atoms with Gasteiger partial charge in [0.15, 0.2) is 20.5 Å². The summed E-state index contributed by atoms with van der Waals surface area (Å²) < 4.78 is 25.3. The van der Waals surface area contributed by atoms with Crippen LogP contribution < -0.4 is 5.32 Å². The van der Waals surface area contributed by atoms with Gasteiger partial charge in [-0.15, -0.1) is 5.10 Å². The number of sulfone groups is 1. The van der Waals surface area contributed by atoms with Crippen LogP contribution in [-0.4, -0.2) is 51.5 Å². The zero-order valence-corrected chi connectivity index (χ0v) is 15.7. The van der Waals surface area contributed by atoms with Crippen molar-refractivity contribution in [2.75, 3.05) is 11.6 Å². The van der Waals surface area contributed by atoms with E-state index in [9.17, 15) is 13.5 Å². The van der Waals surface area contributed by atoms with Crippen molar-refractivity contribution < 1.29 is 13.5 Å².